The lowest BCUT2D eigenvalue weighted by Crippen LogP contribution is -2.33. The van der Waals surface area contributed by atoms with E-state index in [1.165, 1.54) is 0 Å². The van der Waals surface area contributed by atoms with E-state index in [1.807, 2.05) is 0 Å². The van der Waals surface area contributed by atoms with Gasteiger partial charge in [0, 0.05) is 11.5 Å². The van der Waals surface area contributed by atoms with Gasteiger partial charge in [-0.2, -0.15) is 0 Å². The molecule has 1 rings (SSSR count). The lowest BCUT2D eigenvalue weighted by atomic mass is 10.00. The third kappa shape index (κ3) is 1.40. The molecule has 0 aromatic carbocycles. The Balaban J connectivity index is 0.000000810. The largest absolute Gasteiger partial charge is 0.327 e. The van der Waals surface area contributed by atoms with Gasteiger partial charge in [0.25, 0.3) is 0 Å². The Hall–Kier alpha value is 0.110. The molecule has 62 valence electrons. The van der Waals surface area contributed by atoms with E-state index in [9.17, 15) is 8.78 Å². The summed E-state index contributed by atoms with van der Waals surface area (Å²) in [5.74, 6) is 0. The normalized spacial score (nSPS) is 23.7. The summed E-state index contributed by atoms with van der Waals surface area (Å²) in [6.07, 6.45) is -1.03. The van der Waals surface area contributed by atoms with Crippen molar-refractivity contribution in [2.45, 2.75) is 32.2 Å². The summed E-state index contributed by atoms with van der Waals surface area (Å²) < 4.78 is 24.1. The van der Waals surface area contributed by atoms with Crippen molar-refractivity contribution < 1.29 is 8.78 Å². The second-order valence-corrected chi connectivity index (χ2v) is 2.82. The number of hydrogen-bond donors (Lipinski definition) is 1. The fourth-order valence-corrected chi connectivity index (χ4v) is 1.02. The lowest BCUT2D eigenvalue weighted by molar-refractivity contribution is 0.0495. The van der Waals surface area contributed by atoms with Crippen LogP contribution in [-0.2, 0) is 0 Å². The predicted molar refractivity (Wildman–Crippen MR) is 38.6 cm³/mol. The fraction of sp³-hybridized carbons (Fsp3) is 1.00. The summed E-state index contributed by atoms with van der Waals surface area (Å²) in [7, 11) is 0. The van der Waals surface area contributed by atoms with Crippen LogP contribution in [0, 0.1) is 5.41 Å². The monoisotopic (exact) mass is 171 g/mol. The Labute approximate surface area is 65.4 Å². The summed E-state index contributed by atoms with van der Waals surface area (Å²) in [5.41, 5.74) is 4.55. The van der Waals surface area contributed by atoms with Crippen molar-refractivity contribution in [3.05, 3.63) is 0 Å². The van der Waals surface area contributed by atoms with Crippen LogP contribution in [0.5, 0.6) is 0 Å². The van der Waals surface area contributed by atoms with Gasteiger partial charge in [0.15, 0.2) is 0 Å². The van der Waals surface area contributed by atoms with Crippen molar-refractivity contribution in [1.29, 1.82) is 0 Å². The first kappa shape index (κ1) is 10.1. The zero-order valence-corrected chi connectivity index (χ0v) is 6.63. The summed E-state index contributed by atoms with van der Waals surface area (Å²) in [5, 5.41) is 0. The predicted octanol–water partition coefficient (Wildman–Crippen LogP) is 1.80. The SMILES string of the molecule is CC(N)C1(C(F)F)CC1.Cl. The second-order valence-electron chi connectivity index (χ2n) is 2.82. The molecule has 0 aromatic rings. The molecule has 0 saturated heterocycles. The number of nitrogens with two attached hydrogens (primary N) is 1. The van der Waals surface area contributed by atoms with E-state index in [2.05, 4.69) is 0 Å². The maximum absolute atomic E-state index is 12.0. The van der Waals surface area contributed by atoms with E-state index < -0.39 is 11.8 Å². The third-order valence-electron chi connectivity index (χ3n) is 2.17. The Morgan fingerprint density at radius 1 is 1.40 bits per heavy atom. The first-order valence-electron chi connectivity index (χ1n) is 3.13. The van der Waals surface area contributed by atoms with Crippen molar-refractivity contribution in [3.63, 3.8) is 0 Å². The molecule has 1 fully saturated rings. The average Bonchev–Trinajstić information content (AvgIpc) is 2.40. The van der Waals surface area contributed by atoms with Gasteiger partial charge in [-0.15, -0.1) is 12.4 Å². The van der Waals surface area contributed by atoms with E-state index in [4.69, 9.17) is 5.73 Å². The van der Waals surface area contributed by atoms with E-state index in [0.717, 1.165) is 0 Å². The summed E-state index contributed by atoms with van der Waals surface area (Å²) in [4.78, 5) is 0. The summed E-state index contributed by atoms with van der Waals surface area (Å²) >= 11 is 0. The molecule has 1 saturated carbocycles. The summed E-state index contributed by atoms with van der Waals surface area (Å²) in [6, 6.07) is -0.350. The molecule has 1 atom stereocenters. The molecule has 4 heteroatoms. The molecule has 1 aliphatic carbocycles. The maximum Gasteiger partial charge on any atom is 0.245 e. The number of hydrogen-bond acceptors (Lipinski definition) is 1. The van der Waals surface area contributed by atoms with Gasteiger partial charge in [0.05, 0.1) is 0 Å². The van der Waals surface area contributed by atoms with Crippen molar-refractivity contribution in [1.82, 2.24) is 0 Å². The number of alkyl halides is 2. The van der Waals surface area contributed by atoms with Gasteiger partial charge in [-0.05, 0) is 19.8 Å². The minimum absolute atomic E-state index is 0. The standard InChI is InChI=1S/C6H11F2N.ClH/c1-4(9)6(2-3-6)5(7)8;/h4-5H,2-3,9H2,1H3;1H. The quantitative estimate of drug-likeness (QED) is 0.674. The van der Waals surface area contributed by atoms with Gasteiger partial charge in [0.1, 0.15) is 0 Å². The molecule has 0 amide bonds. The third-order valence-corrected chi connectivity index (χ3v) is 2.17. The molecule has 1 unspecified atom stereocenters. The molecular formula is C6H12ClF2N. The lowest BCUT2D eigenvalue weighted by Gasteiger charge is -2.17. The second kappa shape index (κ2) is 3.01. The molecule has 0 aromatic heterocycles. The van der Waals surface area contributed by atoms with Crippen LogP contribution in [-0.4, -0.2) is 12.5 Å². The van der Waals surface area contributed by atoms with Gasteiger partial charge in [-0.1, -0.05) is 0 Å². The minimum atomic E-state index is -2.22. The first-order valence-corrected chi connectivity index (χ1v) is 3.13. The minimum Gasteiger partial charge on any atom is -0.327 e. The highest BCUT2D eigenvalue weighted by atomic mass is 35.5. The van der Waals surface area contributed by atoms with Crippen LogP contribution in [0.15, 0.2) is 0 Å². The molecule has 0 aliphatic heterocycles. The van der Waals surface area contributed by atoms with Crippen LogP contribution in [0.4, 0.5) is 8.78 Å². The molecule has 0 bridgehead atoms. The van der Waals surface area contributed by atoms with Crippen LogP contribution in [0.3, 0.4) is 0 Å². The molecule has 1 aliphatic rings. The van der Waals surface area contributed by atoms with Gasteiger partial charge in [-0.3, -0.25) is 0 Å². The number of halogens is 3. The van der Waals surface area contributed by atoms with Crippen molar-refractivity contribution in [2.24, 2.45) is 11.1 Å². The van der Waals surface area contributed by atoms with E-state index >= 15 is 0 Å². The first-order chi connectivity index (χ1) is 4.09. The maximum atomic E-state index is 12.0. The van der Waals surface area contributed by atoms with Gasteiger partial charge in [0.2, 0.25) is 6.43 Å². The van der Waals surface area contributed by atoms with Crippen molar-refractivity contribution >= 4 is 12.4 Å². The zero-order valence-electron chi connectivity index (χ0n) is 5.81. The highest BCUT2D eigenvalue weighted by molar-refractivity contribution is 5.85. The molecular weight excluding hydrogens is 160 g/mol. The van der Waals surface area contributed by atoms with E-state index in [0.29, 0.717) is 12.8 Å². The molecule has 0 heterocycles. The molecule has 0 radical (unpaired) electrons. The Morgan fingerprint density at radius 2 is 1.80 bits per heavy atom. The van der Waals surface area contributed by atoms with Crippen LogP contribution in [0.1, 0.15) is 19.8 Å². The van der Waals surface area contributed by atoms with Crippen LogP contribution in [0.25, 0.3) is 0 Å². The summed E-state index contributed by atoms with van der Waals surface area (Å²) in [6.45, 7) is 1.65. The Morgan fingerprint density at radius 3 is 1.80 bits per heavy atom. The highest BCUT2D eigenvalue weighted by Crippen LogP contribution is 2.52. The smallest absolute Gasteiger partial charge is 0.245 e. The van der Waals surface area contributed by atoms with Crippen LogP contribution in [0.2, 0.25) is 0 Å². The van der Waals surface area contributed by atoms with Gasteiger partial charge >= 0.3 is 0 Å². The van der Waals surface area contributed by atoms with E-state index in [1.54, 1.807) is 6.92 Å². The van der Waals surface area contributed by atoms with E-state index in [-0.39, 0.29) is 18.4 Å². The van der Waals surface area contributed by atoms with Gasteiger partial charge in [-0.25, -0.2) is 8.78 Å². The highest BCUT2D eigenvalue weighted by Gasteiger charge is 2.53. The van der Waals surface area contributed by atoms with Crippen LogP contribution < -0.4 is 5.73 Å². The number of rotatable bonds is 2. The molecule has 10 heavy (non-hydrogen) atoms. The average molecular weight is 172 g/mol. The van der Waals surface area contributed by atoms with Gasteiger partial charge < -0.3 is 5.73 Å². The topological polar surface area (TPSA) is 26.0 Å². The molecule has 0 spiro atoms. The molecule has 1 nitrogen and oxygen atoms in total. The Kier molecular flexibility index (Phi) is 3.04. The van der Waals surface area contributed by atoms with Crippen molar-refractivity contribution in [2.75, 3.05) is 0 Å². The fourth-order valence-electron chi connectivity index (χ4n) is 1.02. The Bertz CT molecular complexity index is 102. The van der Waals surface area contributed by atoms with Crippen molar-refractivity contribution in [3.8, 4) is 0 Å². The van der Waals surface area contributed by atoms with Crippen LogP contribution >= 0.6 is 12.4 Å². The molecule has 2 N–H and O–H groups in total. The zero-order chi connectivity index (χ0) is 7.07.